The molecule has 2 N–H and O–H groups in total. The summed E-state index contributed by atoms with van der Waals surface area (Å²) in [6.45, 7) is 12.1. The van der Waals surface area contributed by atoms with Crippen LogP contribution in [0.15, 0.2) is 0 Å². The van der Waals surface area contributed by atoms with Crippen molar-refractivity contribution < 1.29 is 9.53 Å². The van der Waals surface area contributed by atoms with E-state index in [2.05, 4.69) is 22.5 Å². The van der Waals surface area contributed by atoms with Gasteiger partial charge in [0, 0.05) is 25.2 Å². The molecule has 2 aliphatic rings. The van der Waals surface area contributed by atoms with E-state index in [1.807, 2.05) is 20.8 Å². The molecule has 1 saturated heterocycles. The van der Waals surface area contributed by atoms with Gasteiger partial charge in [0.1, 0.15) is 5.60 Å². The van der Waals surface area contributed by atoms with Crippen LogP contribution in [0.25, 0.3) is 0 Å². The molecule has 0 aromatic heterocycles. The molecule has 5 nitrogen and oxygen atoms in total. The van der Waals surface area contributed by atoms with Crippen molar-refractivity contribution in [3.8, 4) is 0 Å². The molecular weight excluding hydrogens is 290 g/mol. The van der Waals surface area contributed by atoms with E-state index >= 15 is 0 Å². The van der Waals surface area contributed by atoms with Crippen molar-refractivity contribution in [2.75, 3.05) is 26.2 Å². The zero-order valence-electron chi connectivity index (χ0n) is 15.4. The standard InChI is InChI=1S/C18H35N3O2/c1-5-21-11-7-9-15(21)13-19-16-10-6-8-14(16)12-20-17(22)23-18(2,3)4/h14-16,19H,5-13H2,1-4H3,(H,20,22). The van der Waals surface area contributed by atoms with Crippen LogP contribution >= 0.6 is 0 Å². The van der Waals surface area contributed by atoms with Gasteiger partial charge in [-0.15, -0.1) is 0 Å². The minimum absolute atomic E-state index is 0.295. The summed E-state index contributed by atoms with van der Waals surface area (Å²) in [6.07, 6.45) is 6.01. The molecule has 23 heavy (non-hydrogen) atoms. The maximum Gasteiger partial charge on any atom is 0.407 e. The number of amides is 1. The zero-order valence-corrected chi connectivity index (χ0v) is 15.4. The Bertz CT molecular complexity index is 381. The highest BCUT2D eigenvalue weighted by atomic mass is 16.6. The fourth-order valence-electron chi connectivity index (χ4n) is 3.91. The number of likely N-dealkylation sites (N-methyl/N-ethyl adjacent to an activating group) is 1. The van der Waals surface area contributed by atoms with Crippen LogP contribution in [0.4, 0.5) is 4.79 Å². The average Bonchev–Trinajstić information content (AvgIpc) is 3.09. The van der Waals surface area contributed by atoms with E-state index in [4.69, 9.17) is 4.74 Å². The third-order valence-electron chi connectivity index (χ3n) is 5.09. The van der Waals surface area contributed by atoms with Gasteiger partial charge in [-0.25, -0.2) is 4.79 Å². The number of nitrogens with one attached hydrogen (secondary N) is 2. The maximum atomic E-state index is 11.8. The number of ether oxygens (including phenoxy) is 1. The average molecular weight is 325 g/mol. The lowest BCUT2D eigenvalue weighted by molar-refractivity contribution is 0.0517. The molecule has 2 fully saturated rings. The SMILES string of the molecule is CCN1CCCC1CNC1CCCC1CNC(=O)OC(C)(C)C. The molecule has 3 unspecified atom stereocenters. The van der Waals surface area contributed by atoms with Crippen LogP contribution in [0.5, 0.6) is 0 Å². The second kappa shape index (κ2) is 8.34. The van der Waals surface area contributed by atoms with E-state index in [0.29, 0.717) is 18.0 Å². The van der Waals surface area contributed by atoms with Crippen molar-refractivity contribution in [2.45, 2.75) is 77.5 Å². The first-order valence-corrected chi connectivity index (χ1v) is 9.33. The van der Waals surface area contributed by atoms with Gasteiger partial charge in [-0.05, 0) is 65.5 Å². The molecule has 1 amide bonds. The quantitative estimate of drug-likeness (QED) is 0.788. The van der Waals surface area contributed by atoms with Gasteiger partial charge >= 0.3 is 6.09 Å². The third-order valence-corrected chi connectivity index (χ3v) is 5.09. The van der Waals surface area contributed by atoms with E-state index in [9.17, 15) is 4.79 Å². The number of carbonyl (C=O) groups is 1. The molecule has 0 aromatic carbocycles. The molecule has 0 spiro atoms. The molecular formula is C18H35N3O2. The number of hydrogen-bond donors (Lipinski definition) is 2. The van der Waals surface area contributed by atoms with Crippen LogP contribution in [0.2, 0.25) is 0 Å². The van der Waals surface area contributed by atoms with E-state index < -0.39 is 5.60 Å². The van der Waals surface area contributed by atoms with Gasteiger partial charge in [0.15, 0.2) is 0 Å². The number of carbonyl (C=O) groups excluding carboxylic acids is 1. The van der Waals surface area contributed by atoms with Gasteiger partial charge in [-0.1, -0.05) is 13.3 Å². The van der Waals surface area contributed by atoms with E-state index in [1.165, 1.54) is 38.6 Å². The van der Waals surface area contributed by atoms with Gasteiger partial charge in [0.25, 0.3) is 0 Å². The van der Waals surface area contributed by atoms with E-state index in [0.717, 1.165) is 19.6 Å². The van der Waals surface area contributed by atoms with Crippen molar-refractivity contribution in [1.82, 2.24) is 15.5 Å². The molecule has 3 atom stereocenters. The molecule has 5 heteroatoms. The van der Waals surface area contributed by atoms with Crippen molar-refractivity contribution in [2.24, 2.45) is 5.92 Å². The molecule has 2 rings (SSSR count). The van der Waals surface area contributed by atoms with Gasteiger partial charge in [0.2, 0.25) is 0 Å². The Hall–Kier alpha value is -0.810. The van der Waals surface area contributed by atoms with Crippen LogP contribution in [0.1, 0.15) is 59.8 Å². The predicted octanol–water partition coefficient (Wildman–Crippen LogP) is 2.75. The second-order valence-corrected chi connectivity index (χ2v) is 8.01. The van der Waals surface area contributed by atoms with Gasteiger partial charge in [0.05, 0.1) is 0 Å². The van der Waals surface area contributed by atoms with Crippen molar-refractivity contribution in [1.29, 1.82) is 0 Å². The van der Waals surface area contributed by atoms with Crippen LogP contribution in [0.3, 0.4) is 0 Å². The molecule has 0 aromatic rings. The lowest BCUT2D eigenvalue weighted by Crippen LogP contribution is -2.45. The molecule has 1 aliphatic heterocycles. The number of nitrogens with zero attached hydrogens (tertiary/aromatic N) is 1. The minimum Gasteiger partial charge on any atom is -0.444 e. The summed E-state index contributed by atoms with van der Waals surface area (Å²) in [5.41, 5.74) is -0.427. The van der Waals surface area contributed by atoms with Crippen molar-refractivity contribution >= 4 is 6.09 Å². The highest BCUT2D eigenvalue weighted by Crippen LogP contribution is 2.26. The fraction of sp³-hybridized carbons (Fsp3) is 0.944. The minimum atomic E-state index is -0.427. The Morgan fingerprint density at radius 1 is 1.17 bits per heavy atom. The maximum absolute atomic E-state index is 11.8. The molecule has 0 radical (unpaired) electrons. The Kier molecular flexibility index (Phi) is 6.72. The second-order valence-electron chi connectivity index (χ2n) is 8.01. The molecule has 134 valence electrons. The Morgan fingerprint density at radius 2 is 1.96 bits per heavy atom. The van der Waals surface area contributed by atoms with Crippen molar-refractivity contribution in [3.05, 3.63) is 0 Å². The zero-order chi connectivity index (χ0) is 16.9. The fourth-order valence-corrected chi connectivity index (χ4v) is 3.91. The predicted molar refractivity (Wildman–Crippen MR) is 93.6 cm³/mol. The van der Waals surface area contributed by atoms with Gasteiger partial charge < -0.3 is 15.4 Å². The van der Waals surface area contributed by atoms with Crippen LogP contribution < -0.4 is 10.6 Å². The molecule has 0 bridgehead atoms. The van der Waals surface area contributed by atoms with E-state index in [1.54, 1.807) is 0 Å². The lowest BCUT2D eigenvalue weighted by Gasteiger charge is -2.27. The van der Waals surface area contributed by atoms with Gasteiger partial charge in [-0.2, -0.15) is 0 Å². The summed E-state index contributed by atoms with van der Waals surface area (Å²) < 4.78 is 5.33. The summed E-state index contributed by atoms with van der Waals surface area (Å²) >= 11 is 0. The molecule has 1 heterocycles. The summed E-state index contributed by atoms with van der Waals surface area (Å²) in [7, 11) is 0. The highest BCUT2D eigenvalue weighted by Gasteiger charge is 2.30. The summed E-state index contributed by atoms with van der Waals surface area (Å²) in [6, 6.07) is 1.23. The van der Waals surface area contributed by atoms with Crippen molar-refractivity contribution in [3.63, 3.8) is 0 Å². The third kappa shape index (κ3) is 5.96. The van der Waals surface area contributed by atoms with Crippen LogP contribution in [-0.2, 0) is 4.74 Å². The Balaban J connectivity index is 1.71. The Labute approximate surface area is 141 Å². The number of alkyl carbamates (subject to hydrolysis) is 1. The summed E-state index contributed by atoms with van der Waals surface area (Å²) in [4.78, 5) is 14.4. The summed E-state index contributed by atoms with van der Waals surface area (Å²) in [5.74, 6) is 0.527. The number of rotatable bonds is 6. The van der Waals surface area contributed by atoms with Crippen LogP contribution in [0, 0.1) is 5.92 Å². The first-order valence-electron chi connectivity index (χ1n) is 9.33. The molecule has 1 aliphatic carbocycles. The van der Waals surface area contributed by atoms with Crippen LogP contribution in [-0.4, -0.2) is 54.9 Å². The number of hydrogen-bond acceptors (Lipinski definition) is 4. The smallest absolute Gasteiger partial charge is 0.407 e. The molecule has 1 saturated carbocycles. The largest absolute Gasteiger partial charge is 0.444 e. The normalized spacial score (nSPS) is 29.0. The number of likely N-dealkylation sites (tertiary alicyclic amines) is 1. The highest BCUT2D eigenvalue weighted by molar-refractivity contribution is 5.67. The lowest BCUT2D eigenvalue weighted by atomic mass is 10.0. The first-order chi connectivity index (χ1) is 10.9. The summed E-state index contributed by atoms with van der Waals surface area (Å²) in [5, 5.41) is 6.72. The Morgan fingerprint density at radius 3 is 2.65 bits per heavy atom. The van der Waals surface area contributed by atoms with Gasteiger partial charge in [-0.3, -0.25) is 4.90 Å². The monoisotopic (exact) mass is 325 g/mol. The topological polar surface area (TPSA) is 53.6 Å². The first kappa shape index (κ1) is 18.5. The van der Waals surface area contributed by atoms with E-state index in [-0.39, 0.29) is 6.09 Å².